The summed E-state index contributed by atoms with van der Waals surface area (Å²) in [5.74, 6) is -1.31. The molecule has 1 saturated heterocycles. The Labute approximate surface area is 198 Å². The van der Waals surface area contributed by atoms with Crippen LogP contribution in [0.1, 0.15) is 49.3 Å². The largest absolute Gasteiger partial charge is 0.368 e. The van der Waals surface area contributed by atoms with Gasteiger partial charge < -0.3 is 4.74 Å². The molecule has 0 spiro atoms. The molecule has 1 fully saturated rings. The number of epoxide rings is 1. The number of halogens is 3. The van der Waals surface area contributed by atoms with Gasteiger partial charge in [0.15, 0.2) is 11.6 Å². The summed E-state index contributed by atoms with van der Waals surface area (Å²) >= 11 is 0. The van der Waals surface area contributed by atoms with Gasteiger partial charge in [-0.1, -0.05) is 60.7 Å². The van der Waals surface area contributed by atoms with Crippen LogP contribution in [-0.4, -0.2) is 6.61 Å². The van der Waals surface area contributed by atoms with Gasteiger partial charge in [0.05, 0.1) is 6.61 Å². The summed E-state index contributed by atoms with van der Waals surface area (Å²) in [6, 6.07) is 15.6. The Balaban J connectivity index is 1.33. The van der Waals surface area contributed by atoms with Gasteiger partial charge in [0, 0.05) is 16.7 Å². The molecule has 3 aromatic rings. The Hall–Kier alpha value is -3.11. The molecule has 2 aliphatic rings. The predicted molar refractivity (Wildman–Crippen MR) is 131 cm³/mol. The minimum Gasteiger partial charge on any atom is -0.368 e. The fourth-order valence-electron chi connectivity index (χ4n) is 4.81. The van der Waals surface area contributed by atoms with Crippen LogP contribution < -0.4 is 0 Å². The van der Waals surface area contributed by atoms with Gasteiger partial charge in [0.25, 0.3) is 0 Å². The molecule has 0 radical (unpaired) electrons. The summed E-state index contributed by atoms with van der Waals surface area (Å²) in [6.45, 7) is 4.21. The first-order valence-electron chi connectivity index (χ1n) is 11.9. The zero-order valence-electron chi connectivity index (χ0n) is 19.0. The van der Waals surface area contributed by atoms with Gasteiger partial charge in [-0.3, -0.25) is 0 Å². The second-order valence-electron chi connectivity index (χ2n) is 9.16. The van der Waals surface area contributed by atoms with Crippen molar-refractivity contribution in [1.82, 2.24) is 0 Å². The van der Waals surface area contributed by atoms with E-state index in [-0.39, 0.29) is 23.0 Å². The summed E-state index contributed by atoms with van der Waals surface area (Å²) in [7, 11) is 0. The molecule has 5 rings (SSSR count). The molecule has 2 unspecified atom stereocenters. The molecule has 1 nitrogen and oxygen atoms in total. The van der Waals surface area contributed by atoms with E-state index in [9.17, 15) is 8.78 Å². The molecule has 0 amide bonds. The third kappa shape index (κ3) is 4.60. The number of allylic oxidation sites excluding steroid dienone is 3. The van der Waals surface area contributed by atoms with Crippen LogP contribution in [0.15, 0.2) is 73.3 Å². The molecule has 0 aromatic heterocycles. The van der Waals surface area contributed by atoms with E-state index in [1.54, 1.807) is 30.3 Å². The van der Waals surface area contributed by atoms with E-state index in [0.717, 1.165) is 48.8 Å². The Morgan fingerprint density at radius 1 is 0.882 bits per heavy atom. The molecule has 1 aliphatic heterocycles. The van der Waals surface area contributed by atoms with Crippen molar-refractivity contribution in [2.75, 3.05) is 6.61 Å². The fraction of sp³-hybridized carbons (Fsp3) is 0.267. The average Bonchev–Trinajstić information content (AvgIpc) is 3.70. The van der Waals surface area contributed by atoms with E-state index in [2.05, 4.69) is 12.7 Å². The zero-order chi connectivity index (χ0) is 23.7. The van der Waals surface area contributed by atoms with Gasteiger partial charge >= 0.3 is 0 Å². The topological polar surface area (TPSA) is 12.5 Å². The molecule has 0 N–H and O–H groups in total. The van der Waals surface area contributed by atoms with E-state index in [1.165, 1.54) is 0 Å². The maximum atomic E-state index is 15.0. The third-order valence-corrected chi connectivity index (χ3v) is 6.94. The highest BCUT2D eigenvalue weighted by Gasteiger charge is 2.30. The van der Waals surface area contributed by atoms with Crippen LogP contribution in [-0.2, 0) is 4.74 Å². The van der Waals surface area contributed by atoms with E-state index >= 15 is 4.39 Å². The standard InChI is InChI=1S/C30H27F3O/c1-2-3-4-19-5-7-21(8-6-19)24-14-13-23(17-27(24)31)20-9-11-22(12-10-20)25-15-16-26(28-18-34-28)30(33)29(25)32/h2,7,9-17,19,28H,1,3-6,8,18H2. The van der Waals surface area contributed by atoms with Crippen molar-refractivity contribution in [2.24, 2.45) is 5.92 Å². The maximum Gasteiger partial charge on any atom is 0.167 e. The van der Waals surface area contributed by atoms with Crippen molar-refractivity contribution in [3.63, 3.8) is 0 Å². The van der Waals surface area contributed by atoms with Crippen molar-refractivity contribution in [3.05, 3.63) is 102 Å². The molecule has 1 heterocycles. The lowest BCUT2D eigenvalue weighted by Crippen LogP contribution is -2.06. The monoisotopic (exact) mass is 460 g/mol. The molecule has 2 atom stereocenters. The predicted octanol–water partition coefficient (Wildman–Crippen LogP) is 8.66. The highest BCUT2D eigenvalue weighted by Crippen LogP contribution is 2.37. The fourth-order valence-corrected chi connectivity index (χ4v) is 4.81. The summed E-state index contributed by atoms with van der Waals surface area (Å²) in [5.41, 5.74) is 4.34. The summed E-state index contributed by atoms with van der Waals surface area (Å²) < 4.78 is 49.1. The number of benzene rings is 3. The number of hydrogen-bond donors (Lipinski definition) is 0. The van der Waals surface area contributed by atoms with Crippen LogP contribution >= 0.6 is 0 Å². The van der Waals surface area contributed by atoms with E-state index in [4.69, 9.17) is 4.74 Å². The van der Waals surface area contributed by atoms with E-state index in [0.29, 0.717) is 23.7 Å². The second kappa shape index (κ2) is 9.63. The SMILES string of the molecule is C=CCCC1CC=C(c2ccc(-c3ccc(-c4ccc(C5CO5)c(F)c4F)cc3)cc2F)CC1. The Morgan fingerprint density at radius 3 is 2.24 bits per heavy atom. The van der Waals surface area contributed by atoms with Crippen LogP contribution in [0.3, 0.4) is 0 Å². The second-order valence-corrected chi connectivity index (χ2v) is 9.16. The first-order chi connectivity index (χ1) is 16.5. The first kappa shape index (κ1) is 22.7. The normalized spacial score (nSPS) is 19.6. The minimum absolute atomic E-state index is 0.200. The number of rotatable bonds is 7. The highest BCUT2D eigenvalue weighted by atomic mass is 19.2. The Morgan fingerprint density at radius 2 is 1.59 bits per heavy atom. The first-order valence-corrected chi connectivity index (χ1v) is 11.9. The van der Waals surface area contributed by atoms with Crippen LogP contribution in [0.5, 0.6) is 0 Å². The van der Waals surface area contributed by atoms with Gasteiger partial charge in [0.1, 0.15) is 11.9 Å². The van der Waals surface area contributed by atoms with E-state index in [1.807, 2.05) is 30.3 Å². The molecule has 34 heavy (non-hydrogen) atoms. The van der Waals surface area contributed by atoms with Crippen molar-refractivity contribution < 1.29 is 17.9 Å². The van der Waals surface area contributed by atoms with Gasteiger partial charge in [-0.05, 0) is 66.4 Å². The molecular formula is C30H27F3O. The molecule has 4 heteroatoms. The lowest BCUT2D eigenvalue weighted by Gasteiger charge is -2.22. The molecule has 0 bridgehead atoms. The van der Waals surface area contributed by atoms with Crippen LogP contribution in [0.25, 0.3) is 27.8 Å². The molecule has 0 saturated carbocycles. The highest BCUT2D eigenvalue weighted by molar-refractivity contribution is 5.74. The Bertz CT molecular complexity index is 1240. The summed E-state index contributed by atoms with van der Waals surface area (Å²) in [6.07, 6.45) is 8.91. The van der Waals surface area contributed by atoms with Crippen LogP contribution in [0.4, 0.5) is 13.2 Å². The summed E-state index contributed by atoms with van der Waals surface area (Å²) in [5, 5.41) is 0. The van der Waals surface area contributed by atoms with Crippen molar-refractivity contribution >= 4 is 5.57 Å². The van der Waals surface area contributed by atoms with E-state index < -0.39 is 11.6 Å². The van der Waals surface area contributed by atoms with Gasteiger partial charge in [-0.15, -0.1) is 6.58 Å². The smallest absolute Gasteiger partial charge is 0.167 e. The quantitative estimate of drug-likeness (QED) is 0.254. The molecule has 1 aliphatic carbocycles. The van der Waals surface area contributed by atoms with Gasteiger partial charge in [-0.2, -0.15) is 0 Å². The number of hydrogen-bond acceptors (Lipinski definition) is 1. The lowest BCUT2D eigenvalue weighted by atomic mass is 9.84. The third-order valence-electron chi connectivity index (χ3n) is 6.94. The van der Waals surface area contributed by atoms with Crippen molar-refractivity contribution in [1.29, 1.82) is 0 Å². The lowest BCUT2D eigenvalue weighted by molar-refractivity contribution is 0.401. The van der Waals surface area contributed by atoms with Gasteiger partial charge in [0.2, 0.25) is 0 Å². The average molecular weight is 461 g/mol. The Kier molecular flexibility index (Phi) is 6.42. The zero-order valence-corrected chi connectivity index (χ0v) is 19.0. The molecule has 3 aromatic carbocycles. The molecule has 174 valence electrons. The van der Waals surface area contributed by atoms with Crippen molar-refractivity contribution in [2.45, 2.75) is 38.2 Å². The maximum absolute atomic E-state index is 15.0. The van der Waals surface area contributed by atoms with Gasteiger partial charge in [-0.25, -0.2) is 13.2 Å². The molecular weight excluding hydrogens is 433 g/mol. The van der Waals surface area contributed by atoms with Crippen molar-refractivity contribution in [3.8, 4) is 22.3 Å². The van der Waals surface area contributed by atoms with Crippen LogP contribution in [0.2, 0.25) is 0 Å². The summed E-state index contributed by atoms with van der Waals surface area (Å²) in [4.78, 5) is 0. The number of ether oxygens (including phenoxy) is 1. The van der Waals surface area contributed by atoms with Crippen LogP contribution in [0, 0.1) is 23.4 Å². The minimum atomic E-state index is -0.872.